The molecule has 0 fully saturated rings. The molecule has 0 bridgehead atoms. The summed E-state index contributed by atoms with van der Waals surface area (Å²) in [5.74, 6) is 0.884. The number of halogens is 2. The first-order valence-corrected chi connectivity index (χ1v) is 7.74. The summed E-state index contributed by atoms with van der Waals surface area (Å²) in [4.78, 5) is 4.62. The van der Waals surface area contributed by atoms with Crippen LogP contribution in [0.15, 0.2) is 36.7 Å². The number of nitrogens with zero attached hydrogens (tertiary/aromatic N) is 4. The number of benzene rings is 1. The van der Waals surface area contributed by atoms with Crippen LogP contribution >= 0.6 is 23.2 Å². The maximum Gasteiger partial charge on any atom is 0.127 e. The summed E-state index contributed by atoms with van der Waals surface area (Å²) in [5, 5.41) is 4.79. The second-order valence-corrected chi connectivity index (χ2v) is 6.08. The molecule has 0 aliphatic heterocycles. The van der Waals surface area contributed by atoms with Crippen molar-refractivity contribution >= 4 is 34.2 Å². The average molecular weight is 323 g/mol. The zero-order chi connectivity index (χ0) is 14.8. The van der Waals surface area contributed by atoms with E-state index in [1.54, 1.807) is 6.20 Å². The van der Waals surface area contributed by atoms with Crippen LogP contribution in [-0.4, -0.2) is 19.3 Å². The van der Waals surface area contributed by atoms with Gasteiger partial charge in [-0.15, -0.1) is 11.6 Å². The molecule has 0 amide bonds. The predicted molar refractivity (Wildman–Crippen MR) is 85.9 cm³/mol. The van der Waals surface area contributed by atoms with Crippen LogP contribution in [0.2, 0.25) is 5.02 Å². The summed E-state index contributed by atoms with van der Waals surface area (Å²) in [6, 6.07) is 7.66. The Morgan fingerprint density at radius 1 is 1.29 bits per heavy atom. The second-order valence-electron chi connectivity index (χ2n) is 4.99. The lowest BCUT2D eigenvalue weighted by atomic mass is 10.3. The molecule has 6 heteroatoms. The van der Waals surface area contributed by atoms with Crippen LogP contribution in [0.3, 0.4) is 0 Å². The van der Waals surface area contributed by atoms with Gasteiger partial charge in [-0.05, 0) is 37.6 Å². The quantitative estimate of drug-likeness (QED) is 0.657. The molecule has 2 heterocycles. The van der Waals surface area contributed by atoms with Crippen LogP contribution in [-0.2, 0) is 13.1 Å². The number of imidazole rings is 1. The van der Waals surface area contributed by atoms with E-state index in [2.05, 4.69) is 14.6 Å². The van der Waals surface area contributed by atoms with Gasteiger partial charge in [0, 0.05) is 30.5 Å². The van der Waals surface area contributed by atoms with E-state index in [4.69, 9.17) is 23.2 Å². The molecule has 3 aromatic rings. The van der Waals surface area contributed by atoms with Crippen molar-refractivity contribution in [1.82, 2.24) is 19.3 Å². The van der Waals surface area contributed by atoms with Crippen molar-refractivity contribution in [3.8, 4) is 0 Å². The Balaban J connectivity index is 1.87. The number of alkyl halides is 1. The standard InChI is InChI=1S/C15H16Cl2N4/c1-11(16)15-19-13-5-4-12(17)10-14(13)21(15)9-3-8-20-7-2-6-18-20/h2,4-7,10-11H,3,8-9H2,1H3. The SMILES string of the molecule is CC(Cl)c1nc2ccc(Cl)cc2n1CCCn1cccn1. The van der Waals surface area contributed by atoms with Crippen molar-refractivity contribution in [2.75, 3.05) is 0 Å². The van der Waals surface area contributed by atoms with Gasteiger partial charge in [0.1, 0.15) is 5.82 Å². The van der Waals surface area contributed by atoms with E-state index in [9.17, 15) is 0 Å². The number of hydrogen-bond acceptors (Lipinski definition) is 2. The lowest BCUT2D eigenvalue weighted by molar-refractivity contribution is 0.523. The van der Waals surface area contributed by atoms with Crippen molar-refractivity contribution in [3.05, 3.63) is 47.5 Å². The lowest BCUT2D eigenvalue weighted by Crippen LogP contribution is -2.08. The zero-order valence-electron chi connectivity index (χ0n) is 11.7. The van der Waals surface area contributed by atoms with Gasteiger partial charge in [-0.25, -0.2) is 4.98 Å². The molecule has 1 unspecified atom stereocenters. The van der Waals surface area contributed by atoms with E-state index in [0.717, 1.165) is 36.4 Å². The molecule has 1 atom stereocenters. The Bertz CT molecular complexity index is 732. The Kier molecular flexibility index (Phi) is 4.17. The van der Waals surface area contributed by atoms with Crippen LogP contribution < -0.4 is 0 Å². The maximum atomic E-state index is 6.26. The minimum Gasteiger partial charge on any atom is -0.327 e. The van der Waals surface area contributed by atoms with Crippen LogP contribution in [0.25, 0.3) is 11.0 Å². The zero-order valence-corrected chi connectivity index (χ0v) is 13.2. The van der Waals surface area contributed by atoms with E-state index < -0.39 is 0 Å². The Morgan fingerprint density at radius 2 is 2.14 bits per heavy atom. The van der Waals surface area contributed by atoms with Gasteiger partial charge in [-0.1, -0.05) is 11.6 Å². The first-order valence-electron chi connectivity index (χ1n) is 6.92. The molecule has 0 saturated carbocycles. The molecule has 0 saturated heterocycles. The van der Waals surface area contributed by atoms with Gasteiger partial charge < -0.3 is 4.57 Å². The van der Waals surface area contributed by atoms with Crippen LogP contribution in [0, 0.1) is 0 Å². The van der Waals surface area contributed by atoms with Crippen LogP contribution in [0.4, 0.5) is 0 Å². The molecule has 3 rings (SSSR count). The van der Waals surface area contributed by atoms with Crippen molar-refractivity contribution in [2.24, 2.45) is 0 Å². The highest BCUT2D eigenvalue weighted by Gasteiger charge is 2.14. The molecular formula is C15H16Cl2N4. The first kappa shape index (κ1) is 14.4. The van der Waals surface area contributed by atoms with E-state index in [-0.39, 0.29) is 5.38 Å². The van der Waals surface area contributed by atoms with Gasteiger partial charge in [-0.2, -0.15) is 5.10 Å². The summed E-state index contributed by atoms with van der Waals surface area (Å²) < 4.78 is 4.08. The van der Waals surface area contributed by atoms with E-state index in [1.165, 1.54) is 0 Å². The molecular weight excluding hydrogens is 307 g/mol. The largest absolute Gasteiger partial charge is 0.327 e. The molecule has 0 aliphatic rings. The van der Waals surface area contributed by atoms with Crippen molar-refractivity contribution < 1.29 is 0 Å². The fourth-order valence-corrected chi connectivity index (χ4v) is 2.81. The normalized spacial score (nSPS) is 12.9. The van der Waals surface area contributed by atoms with E-state index in [1.807, 2.05) is 42.1 Å². The monoisotopic (exact) mass is 322 g/mol. The number of hydrogen-bond donors (Lipinski definition) is 0. The summed E-state index contributed by atoms with van der Waals surface area (Å²) >= 11 is 12.4. The van der Waals surface area contributed by atoms with Crippen LogP contribution in [0.1, 0.15) is 24.5 Å². The van der Waals surface area contributed by atoms with Gasteiger partial charge in [0.25, 0.3) is 0 Å². The predicted octanol–water partition coefficient (Wildman–Crippen LogP) is 4.28. The molecule has 0 N–H and O–H groups in total. The Hall–Kier alpha value is -1.52. The highest BCUT2D eigenvalue weighted by Crippen LogP contribution is 2.26. The fraction of sp³-hybridized carbons (Fsp3) is 0.333. The molecule has 0 spiro atoms. The molecule has 1 aromatic carbocycles. The Labute approximate surface area is 133 Å². The van der Waals surface area contributed by atoms with Gasteiger partial charge >= 0.3 is 0 Å². The van der Waals surface area contributed by atoms with Crippen LogP contribution in [0.5, 0.6) is 0 Å². The summed E-state index contributed by atoms with van der Waals surface area (Å²) in [5.41, 5.74) is 1.96. The molecule has 0 aliphatic carbocycles. The molecule has 110 valence electrons. The third kappa shape index (κ3) is 3.06. The van der Waals surface area contributed by atoms with Gasteiger partial charge in [0.2, 0.25) is 0 Å². The second kappa shape index (κ2) is 6.08. The van der Waals surface area contributed by atoms with Crippen molar-refractivity contribution in [1.29, 1.82) is 0 Å². The minimum absolute atomic E-state index is 0.138. The fourth-order valence-electron chi connectivity index (χ4n) is 2.48. The maximum absolute atomic E-state index is 6.26. The molecule has 4 nitrogen and oxygen atoms in total. The molecule has 2 aromatic heterocycles. The summed E-state index contributed by atoms with van der Waals surface area (Å²) in [7, 11) is 0. The van der Waals surface area contributed by atoms with E-state index >= 15 is 0 Å². The molecule has 0 radical (unpaired) electrons. The topological polar surface area (TPSA) is 35.6 Å². The Morgan fingerprint density at radius 3 is 2.86 bits per heavy atom. The first-order chi connectivity index (χ1) is 10.1. The number of fused-ring (bicyclic) bond motifs is 1. The average Bonchev–Trinajstić information content (AvgIpc) is 3.07. The number of aromatic nitrogens is 4. The third-order valence-corrected chi connectivity index (χ3v) is 3.85. The van der Waals surface area contributed by atoms with Crippen molar-refractivity contribution in [2.45, 2.75) is 31.8 Å². The highest BCUT2D eigenvalue weighted by atomic mass is 35.5. The molecule has 21 heavy (non-hydrogen) atoms. The lowest BCUT2D eigenvalue weighted by Gasteiger charge is -2.10. The highest BCUT2D eigenvalue weighted by molar-refractivity contribution is 6.31. The number of rotatable bonds is 5. The third-order valence-electron chi connectivity index (χ3n) is 3.42. The summed E-state index contributed by atoms with van der Waals surface area (Å²) in [6.45, 7) is 3.64. The van der Waals surface area contributed by atoms with Gasteiger partial charge in [0.15, 0.2) is 0 Å². The van der Waals surface area contributed by atoms with Crippen molar-refractivity contribution in [3.63, 3.8) is 0 Å². The smallest absolute Gasteiger partial charge is 0.127 e. The number of aryl methyl sites for hydroxylation is 2. The van der Waals surface area contributed by atoms with E-state index in [0.29, 0.717) is 5.02 Å². The summed E-state index contributed by atoms with van der Waals surface area (Å²) in [6.07, 6.45) is 4.71. The van der Waals surface area contributed by atoms with Gasteiger partial charge in [-0.3, -0.25) is 4.68 Å². The minimum atomic E-state index is -0.138. The van der Waals surface area contributed by atoms with Gasteiger partial charge in [0.05, 0.1) is 16.4 Å².